The van der Waals surface area contributed by atoms with Crippen molar-refractivity contribution >= 4 is 11.6 Å². The van der Waals surface area contributed by atoms with Crippen LogP contribution in [-0.2, 0) is 0 Å². The summed E-state index contributed by atoms with van der Waals surface area (Å²) < 4.78 is 4.95. The highest BCUT2D eigenvalue weighted by atomic mass is 16.6. The van der Waals surface area contributed by atoms with Gasteiger partial charge in [0.2, 0.25) is 0 Å². The van der Waals surface area contributed by atoms with Crippen molar-refractivity contribution in [3.05, 3.63) is 33.9 Å². The zero-order valence-electron chi connectivity index (χ0n) is 10.8. The van der Waals surface area contributed by atoms with Crippen molar-refractivity contribution in [2.75, 3.05) is 27.2 Å². The number of amides is 1. The first-order valence-electron chi connectivity index (χ1n) is 5.85. The fourth-order valence-electron chi connectivity index (χ4n) is 1.88. The smallest absolute Gasteiger partial charge is 0.310 e. The van der Waals surface area contributed by atoms with Crippen molar-refractivity contribution in [2.24, 2.45) is 0 Å². The SMILES string of the molecule is COc1cc(C(=O)N(C)C2CNC2)ccc1[N+](=O)[O-]. The summed E-state index contributed by atoms with van der Waals surface area (Å²) in [6.07, 6.45) is 0. The van der Waals surface area contributed by atoms with Crippen molar-refractivity contribution in [3.63, 3.8) is 0 Å². The van der Waals surface area contributed by atoms with Crippen LogP contribution in [0, 0.1) is 10.1 Å². The second-order valence-corrected chi connectivity index (χ2v) is 4.37. The van der Waals surface area contributed by atoms with Gasteiger partial charge < -0.3 is 15.0 Å². The van der Waals surface area contributed by atoms with Gasteiger partial charge in [0.15, 0.2) is 5.75 Å². The summed E-state index contributed by atoms with van der Waals surface area (Å²) in [6.45, 7) is 1.54. The molecule has 0 saturated carbocycles. The third-order valence-corrected chi connectivity index (χ3v) is 3.25. The van der Waals surface area contributed by atoms with Gasteiger partial charge in [0, 0.05) is 37.8 Å². The highest BCUT2D eigenvalue weighted by Crippen LogP contribution is 2.28. The minimum Gasteiger partial charge on any atom is -0.490 e. The van der Waals surface area contributed by atoms with E-state index in [0.717, 1.165) is 13.1 Å². The summed E-state index contributed by atoms with van der Waals surface area (Å²) in [6, 6.07) is 4.32. The number of nitro groups is 1. The number of carbonyl (C=O) groups is 1. The largest absolute Gasteiger partial charge is 0.490 e. The van der Waals surface area contributed by atoms with E-state index in [1.807, 2.05) is 0 Å². The number of methoxy groups -OCH3 is 1. The molecule has 0 bridgehead atoms. The summed E-state index contributed by atoms with van der Waals surface area (Å²) >= 11 is 0. The van der Waals surface area contributed by atoms with E-state index in [1.54, 1.807) is 11.9 Å². The number of hydrogen-bond acceptors (Lipinski definition) is 5. The molecule has 0 atom stereocenters. The van der Waals surface area contributed by atoms with Gasteiger partial charge in [-0.15, -0.1) is 0 Å². The molecular formula is C12H15N3O4. The van der Waals surface area contributed by atoms with Crippen LogP contribution in [-0.4, -0.2) is 49.0 Å². The summed E-state index contributed by atoms with van der Waals surface area (Å²) in [7, 11) is 3.07. The average Bonchev–Trinajstić information content (AvgIpc) is 2.34. The van der Waals surface area contributed by atoms with Crippen LogP contribution in [0.15, 0.2) is 18.2 Å². The minimum atomic E-state index is -0.535. The van der Waals surface area contributed by atoms with Crippen LogP contribution in [0.3, 0.4) is 0 Å². The van der Waals surface area contributed by atoms with Gasteiger partial charge in [0.25, 0.3) is 5.91 Å². The fraction of sp³-hybridized carbons (Fsp3) is 0.417. The second-order valence-electron chi connectivity index (χ2n) is 4.37. The Balaban J connectivity index is 2.24. The van der Waals surface area contributed by atoms with Gasteiger partial charge >= 0.3 is 5.69 Å². The van der Waals surface area contributed by atoms with Gasteiger partial charge in [-0.1, -0.05) is 0 Å². The number of likely N-dealkylation sites (N-methyl/N-ethyl adjacent to an activating group) is 1. The molecular weight excluding hydrogens is 250 g/mol. The third kappa shape index (κ3) is 2.50. The van der Waals surface area contributed by atoms with Crippen LogP contribution in [0.1, 0.15) is 10.4 Å². The van der Waals surface area contributed by atoms with Gasteiger partial charge in [-0.05, 0) is 6.07 Å². The number of nitro benzene ring substituents is 1. The van der Waals surface area contributed by atoms with Crippen molar-refractivity contribution in [2.45, 2.75) is 6.04 Å². The molecule has 1 aliphatic rings. The van der Waals surface area contributed by atoms with Crippen LogP contribution in [0.25, 0.3) is 0 Å². The van der Waals surface area contributed by atoms with Crippen LogP contribution >= 0.6 is 0 Å². The maximum atomic E-state index is 12.2. The van der Waals surface area contributed by atoms with Gasteiger partial charge in [-0.2, -0.15) is 0 Å². The van der Waals surface area contributed by atoms with E-state index in [-0.39, 0.29) is 23.4 Å². The van der Waals surface area contributed by atoms with Crippen molar-refractivity contribution in [1.82, 2.24) is 10.2 Å². The number of nitrogens with zero attached hydrogens (tertiary/aromatic N) is 2. The Labute approximate surface area is 110 Å². The van der Waals surface area contributed by atoms with Crippen LogP contribution in [0.2, 0.25) is 0 Å². The molecule has 1 aliphatic heterocycles. The molecule has 1 N–H and O–H groups in total. The number of carbonyl (C=O) groups excluding carboxylic acids is 1. The Kier molecular flexibility index (Phi) is 3.66. The molecule has 1 amide bonds. The molecule has 2 rings (SSSR count). The first-order valence-corrected chi connectivity index (χ1v) is 5.85. The number of hydrogen-bond donors (Lipinski definition) is 1. The molecule has 0 spiro atoms. The maximum absolute atomic E-state index is 12.2. The molecule has 0 aliphatic carbocycles. The summed E-state index contributed by atoms with van der Waals surface area (Å²) in [5.41, 5.74) is 0.240. The highest BCUT2D eigenvalue weighted by Gasteiger charge is 2.27. The van der Waals surface area contributed by atoms with Crippen molar-refractivity contribution in [1.29, 1.82) is 0 Å². The fourth-order valence-corrected chi connectivity index (χ4v) is 1.88. The molecule has 19 heavy (non-hydrogen) atoms. The Morgan fingerprint density at radius 1 is 1.53 bits per heavy atom. The predicted octanol–water partition coefficient (Wildman–Crippen LogP) is 0.647. The van der Waals surface area contributed by atoms with Crippen molar-refractivity contribution in [3.8, 4) is 5.75 Å². The summed E-state index contributed by atoms with van der Waals surface area (Å²) in [5, 5.41) is 13.9. The quantitative estimate of drug-likeness (QED) is 0.638. The highest BCUT2D eigenvalue weighted by molar-refractivity contribution is 5.95. The molecule has 0 aromatic heterocycles. The Morgan fingerprint density at radius 3 is 2.68 bits per heavy atom. The lowest BCUT2D eigenvalue weighted by atomic mass is 10.1. The first-order chi connectivity index (χ1) is 9.04. The molecule has 1 saturated heterocycles. The van der Waals surface area contributed by atoms with Crippen LogP contribution in [0.5, 0.6) is 5.75 Å². The third-order valence-electron chi connectivity index (χ3n) is 3.25. The minimum absolute atomic E-state index is 0.0935. The van der Waals surface area contributed by atoms with E-state index < -0.39 is 4.92 Å². The molecule has 1 heterocycles. The molecule has 7 nitrogen and oxygen atoms in total. The number of rotatable bonds is 4. The molecule has 102 valence electrons. The number of benzene rings is 1. The number of ether oxygens (including phenoxy) is 1. The van der Waals surface area contributed by atoms with E-state index in [9.17, 15) is 14.9 Å². The standard InChI is InChI=1S/C12H15N3O4/c1-14(9-6-13-7-9)12(16)8-3-4-10(15(17)18)11(5-8)19-2/h3-5,9,13H,6-7H2,1-2H3. The lowest BCUT2D eigenvalue weighted by Gasteiger charge is -2.35. The predicted molar refractivity (Wildman–Crippen MR) is 68.4 cm³/mol. The number of nitrogens with one attached hydrogen (secondary N) is 1. The van der Waals surface area contributed by atoms with Gasteiger partial charge in [0.05, 0.1) is 18.1 Å². The molecule has 0 radical (unpaired) electrons. The van der Waals surface area contributed by atoms with Gasteiger partial charge in [-0.3, -0.25) is 14.9 Å². The molecule has 1 aromatic rings. The Morgan fingerprint density at radius 2 is 2.21 bits per heavy atom. The van der Waals surface area contributed by atoms with E-state index >= 15 is 0 Å². The first kappa shape index (κ1) is 13.3. The van der Waals surface area contributed by atoms with E-state index in [4.69, 9.17) is 4.74 Å². The lowest BCUT2D eigenvalue weighted by molar-refractivity contribution is -0.385. The Bertz CT molecular complexity index is 514. The van der Waals surface area contributed by atoms with Crippen LogP contribution < -0.4 is 10.1 Å². The normalized spacial score (nSPS) is 14.6. The van der Waals surface area contributed by atoms with E-state index in [0.29, 0.717) is 5.56 Å². The average molecular weight is 265 g/mol. The Hall–Kier alpha value is -2.15. The van der Waals surface area contributed by atoms with Crippen molar-refractivity contribution < 1.29 is 14.5 Å². The topological polar surface area (TPSA) is 84.7 Å². The van der Waals surface area contributed by atoms with Gasteiger partial charge in [-0.25, -0.2) is 0 Å². The maximum Gasteiger partial charge on any atom is 0.310 e. The zero-order valence-corrected chi connectivity index (χ0v) is 10.8. The summed E-state index contributed by atoms with van der Waals surface area (Å²) in [4.78, 5) is 24.1. The van der Waals surface area contributed by atoms with E-state index in [2.05, 4.69) is 5.32 Å². The molecule has 1 fully saturated rings. The molecule has 1 aromatic carbocycles. The van der Waals surface area contributed by atoms with Gasteiger partial charge in [0.1, 0.15) is 0 Å². The van der Waals surface area contributed by atoms with E-state index in [1.165, 1.54) is 25.3 Å². The molecule has 7 heteroatoms. The second kappa shape index (κ2) is 5.23. The van der Waals surface area contributed by atoms with Crippen LogP contribution in [0.4, 0.5) is 5.69 Å². The summed E-state index contributed by atoms with van der Waals surface area (Å²) in [5.74, 6) is -0.0734. The lowest BCUT2D eigenvalue weighted by Crippen LogP contribution is -2.57. The molecule has 0 unspecified atom stereocenters. The monoisotopic (exact) mass is 265 g/mol. The zero-order chi connectivity index (χ0) is 14.0.